The quantitative estimate of drug-likeness (QED) is 0.776. The number of methoxy groups -OCH3 is 2. The van der Waals surface area contributed by atoms with Crippen LogP contribution in [-0.4, -0.2) is 25.2 Å². The number of hydrogen-bond donors (Lipinski definition) is 0. The number of aryl methyl sites for hydroxylation is 1. The molecule has 0 amide bonds. The molecule has 0 unspecified atom stereocenters. The lowest BCUT2D eigenvalue weighted by molar-refractivity contribution is -0.140. The van der Waals surface area contributed by atoms with Crippen LogP contribution in [0.3, 0.4) is 0 Å². The van der Waals surface area contributed by atoms with Gasteiger partial charge in [-0.05, 0) is 24.1 Å². The van der Waals surface area contributed by atoms with Gasteiger partial charge in [-0.3, -0.25) is 9.78 Å². The van der Waals surface area contributed by atoms with Crippen LogP contribution in [0.25, 0.3) is 10.8 Å². The van der Waals surface area contributed by atoms with E-state index in [0.717, 1.165) is 22.1 Å². The van der Waals surface area contributed by atoms with E-state index in [9.17, 15) is 4.79 Å². The molecule has 1 heterocycles. The zero-order valence-corrected chi connectivity index (χ0v) is 10.5. The van der Waals surface area contributed by atoms with Gasteiger partial charge in [0.05, 0.1) is 14.2 Å². The number of pyridine rings is 1. The summed E-state index contributed by atoms with van der Waals surface area (Å²) < 4.78 is 9.96. The van der Waals surface area contributed by atoms with Crippen molar-refractivity contribution in [2.75, 3.05) is 14.2 Å². The van der Waals surface area contributed by atoms with Gasteiger partial charge in [-0.1, -0.05) is 6.07 Å². The Kier molecular flexibility index (Phi) is 3.77. The molecule has 4 nitrogen and oxygen atoms in total. The zero-order chi connectivity index (χ0) is 13.0. The van der Waals surface area contributed by atoms with E-state index in [-0.39, 0.29) is 5.97 Å². The minimum absolute atomic E-state index is 0.206. The SMILES string of the molecule is COC(=O)CCc1ccc(OC)c2ccncc12. The molecule has 0 radical (unpaired) electrons. The van der Waals surface area contributed by atoms with E-state index in [0.29, 0.717) is 12.8 Å². The monoisotopic (exact) mass is 245 g/mol. The van der Waals surface area contributed by atoms with Crippen LogP contribution in [0.1, 0.15) is 12.0 Å². The maximum atomic E-state index is 11.2. The zero-order valence-electron chi connectivity index (χ0n) is 10.5. The molecule has 1 aromatic carbocycles. The third-order valence-corrected chi connectivity index (χ3v) is 2.91. The van der Waals surface area contributed by atoms with Crippen LogP contribution in [0.5, 0.6) is 5.75 Å². The molecule has 0 bridgehead atoms. The Morgan fingerprint density at radius 2 is 2.06 bits per heavy atom. The molecule has 0 fully saturated rings. The van der Waals surface area contributed by atoms with Gasteiger partial charge in [0.1, 0.15) is 5.75 Å². The number of ether oxygens (including phenoxy) is 2. The molecule has 0 atom stereocenters. The van der Waals surface area contributed by atoms with Crippen LogP contribution in [0, 0.1) is 0 Å². The summed E-state index contributed by atoms with van der Waals surface area (Å²) in [6, 6.07) is 5.79. The first kappa shape index (κ1) is 12.4. The molecule has 0 aliphatic rings. The van der Waals surface area contributed by atoms with Gasteiger partial charge in [0.2, 0.25) is 0 Å². The van der Waals surface area contributed by atoms with E-state index in [4.69, 9.17) is 4.74 Å². The Hall–Kier alpha value is -2.10. The van der Waals surface area contributed by atoms with Crippen LogP contribution in [-0.2, 0) is 16.0 Å². The number of carbonyl (C=O) groups is 1. The van der Waals surface area contributed by atoms with Crippen LogP contribution >= 0.6 is 0 Å². The first-order valence-electron chi connectivity index (χ1n) is 5.72. The van der Waals surface area contributed by atoms with E-state index in [1.165, 1.54) is 7.11 Å². The fourth-order valence-corrected chi connectivity index (χ4v) is 1.96. The molecule has 2 aromatic rings. The maximum Gasteiger partial charge on any atom is 0.305 e. The van der Waals surface area contributed by atoms with Crippen molar-refractivity contribution in [1.82, 2.24) is 4.98 Å². The minimum atomic E-state index is -0.206. The second kappa shape index (κ2) is 5.49. The van der Waals surface area contributed by atoms with Gasteiger partial charge in [0.15, 0.2) is 0 Å². The number of esters is 1. The third-order valence-electron chi connectivity index (χ3n) is 2.91. The first-order chi connectivity index (χ1) is 8.76. The highest BCUT2D eigenvalue weighted by Crippen LogP contribution is 2.28. The number of hydrogen-bond acceptors (Lipinski definition) is 4. The lowest BCUT2D eigenvalue weighted by Gasteiger charge is -2.09. The lowest BCUT2D eigenvalue weighted by atomic mass is 10.0. The average molecular weight is 245 g/mol. The van der Waals surface area contributed by atoms with E-state index in [2.05, 4.69) is 9.72 Å². The fourth-order valence-electron chi connectivity index (χ4n) is 1.96. The molecule has 0 N–H and O–H groups in total. The normalized spacial score (nSPS) is 10.3. The molecular weight excluding hydrogens is 230 g/mol. The number of rotatable bonds is 4. The highest BCUT2D eigenvalue weighted by molar-refractivity contribution is 5.90. The molecule has 0 aliphatic carbocycles. The summed E-state index contributed by atoms with van der Waals surface area (Å²) in [6.07, 6.45) is 4.53. The third kappa shape index (κ3) is 2.42. The number of fused-ring (bicyclic) bond motifs is 1. The molecule has 0 aliphatic heterocycles. The summed E-state index contributed by atoms with van der Waals surface area (Å²) in [5.41, 5.74) is 1.07. The van der Waals surface area contributed by atoms with Crippen molar-refractivity contribution in [2.45, 2.75) is 12.8 Å². The van der Waals surface area contributed by atoms with Crippen molar-refractivity contribution < 1.29 is 14.3 Å². The Labute approximate surface area is 106 Å². The van der Waals surface area contributed by atoms with Crippen molar-refractivity contribution >= 4 is 16.7 Å². The Morgan fingerprint density at radius 1 is 1.22 bits per heavy atom. The summed E-state index contributed by atoms with van der Waals surface area (Å²) >= 11 is 0. The summed E-state index contributed by atoms with van der Waals surface area (Å²) in [5, 5.41) is 2.02. The summed E-state index contributed by atoms with van der Waals surface area (Å²) in [5.74, 6) is 0.608. The van der Waals surface area contributed by atoms with Gasteiger partial charge in [-0.2, -0.15) is 0 Å². The first-order valence-corrected chi connectivity index (χ1v) is 5.72. The van der Waals surface area contributed by atoms with Crippen molar-refractivity contribution in [3.63, 3.8) is 0 Å². The molecule has 94 valence electrons. The molecule has 4 heteroatoms. The largest absolute Gasteiger partial charge is 0.496 e. The molecule has 18 heavy (non-hydrogen) atoms. The van der Waals surface area contributed by atoms with Crippen molar-refractivity contribution in [3.8, 4) is 5.75 Å². The number of benzene rings is 1. The molecule has 0 saturated carbocycles. The van der Waals surface area contributed by atoms with Gasteiger partial charge in [-0.15, -0.1) is 0 Å². The van der Waals surface area contributed by atoms with Gasteiger partial charge in [-0.25, -0.2) is 0 Å². The van der Waals surface area contributed by atoms with Gasteiger partial charge >= 0.3 is 5.97 Å². The maximum absolute atomic E-state index is 11.2. The molecule has 1 aromatic heterocycles. The summed E-state index contributed by atoms with van der Waals surface area (Å²) in [7, 11) is 3.04. The number of aromatic nitrogens is 1. The van der Waals surface area contributed by atoms with Gasteiger partial charge in [0, 0.05) is 29.6 Å². The second-order valence-corrected chi connectivity index (χ2v) is 3.92. The molecular formula is C14H15NO3. The van der Waals surface area contributed by atoms with Crippen molar-refractivity contribution in [2.24, 2.45) is 0 Å². The summed E-state index contributed by atoms with van der Waals surface area (Å²) in [6.45, 7) is 0. The van der Waals surface area contributed by atoms with E-state index in [1.807, 2.05) is 18.2 Å². The predicted molar refractivity (Wildman–Crippen MR) is 68.6 cm³/mol. The van der Waals surface area contributed by atoms with Crippen molar-refractivity contribution in [3.05, 3.63) is 36.2 Å². The standard InChI is InChI=1S/C14H15NO3/c1-17-13-5-3-10(4-6-14(16)18-2)12-9-15-8-7-11(12)13/h3,5,7-9H,4,6H2,1-2H3. The highest BCUT2D eigenvalue weighted by atomic mass is 16.5. The Morgan fingerprint density at radius 3 is 2.78 bits per heavy atom. The number of carbonyl (C=O) groups excluding carboxylic acids is 1. The van der Waals surface area contributed by atoms with Crippen LogP contribution < -0.4 is 4.74 Å². The lowest BCUT2D eigenvalue weighted by Crippen LogP contribution is -2.02. The van der Waals surface area contributed by atoms with E-state index >= 15 is 0 Å². The molecule has 2 rings (SSSR count). The van der Waals surface area contributed by atoms with Gasteiger partial charge < -0.3 is 9.47 Å². The van der Waals surface area contributed by atoms with Crippen LogP contribution in [0.2, 0.25) is 0 Å². The second-order valence-electron chi connectivity index (χ2n) is 3.92. The van der Waals surface area contributed by atoms with E-state index < -0.39 is 0 Å². The Bertz CT molecular complexity index is 566. The smallest absolute Gasteiger partial charge is 0.305 e. The topological polar surface area (TPSA) is 48.4 Å². The van der Waals surface area contributed by atoms with E-state index in [1.54, 1.807) is 19.5 Å². The Balaban J connectivity index is 2.37. The molecule has 0 spiro atoms. The molecule has 0 saturated heterocycles. The highest BCUT2D eigenvalue weighted by Gasteiger charge is 2.08. The van der Waals surface area contributed by atoms with Crippen molar-refractivity contribution in [1.29, 1.82) is 0 Å². The minimum Gasteiger partial charge on any atom is -0.496 e. The average Bonchev–Trinajstić information content (AvgIpc) is 2.44. The summed E-state index contributed by atoms with van der Waals surface area (Å²) in [4.78, 5) is 15.3. The fraction of sp³-hybridized carbons (Fsp3) is 0.286. The van der Waals surface area contributed by atoms with Crippen LogP contribution in [0.4, 0.5) is 0 Å². The number of nitrogens with zero attached hydrogens (tertiary/aromatic N) is 1. The van der Waals surface area contributed by atoms with Crippen LogP contribution in [0.15, 0.2) is 30.6 Å². The predicted octanol–water partition coefficient (Wildman–Crippen LogP) is 2.35. The van der Waals surface area contributed by atoms with Gasteiger partial charge in [0.25, 0.3) is 0 Å².